The summed E-state index contributed by atoms with van der Waals surface area (Å²) in [5, 5.41) is 0. The molecule has 1 atom stereocenters. The molecule has 0 bridgehead atoms. The van der Waals surface area contributed by atoms with E-state index in [0.717, 1.165) is 78.0 Å². The first kappa shape index (κ1) is 22.1. The molecule has 7 nitrogen and oxygen atoms in total. The molecule has 0 spiro atoms. The van der Waals surface area contributed by atoms with Gasteiger partial charge < -0.3 is 19.3 Å². The van der Waals surface area contributed by atoms with Gasteiger partial charge in [0.15, 0.2) is 0 Å². The molecule has 1 unspecified atom stereocenters. The maximum atomic E-state index is 13.1. The largest absolute Gasteiger partial charge is 0.497 e. The Balaban J connectivity index is 1.38. The molecule has 2 heterocycles. The highest BCUT2D eigenvalue weighted by molar-refractivity contribution is 5.94. The lowest BCUT2D eigenvalue weighted by Gasteiger charge is -2.40. The van der Waals surface area contributed by atoms with Gasteiger partial charge in [0.05, 0.1) is 20.3 Å². The molecule has 0 N–H and O–H groups in total. The monoisotopic (exact) mass is 429 g/mol. The number of likely N-dealkylation sites (tertiary alicyclic amines) is 1. The molecule has 1 saturated carbocycles. The van der Waals surface area contributed by atoms with Crippen LogP contribution < -0.4 is 4.74 Å². The third-order valence-electron chi connectivity index (χ3n) is 6.63. The molecule has 7 heteroatoms. The number of hydrogen-bond acceptors (Lipinski definition) is 5. The molecular weight excluding hydrogens is 394 g/mol. The lowest BCUT2D eigenvalue weighted by molar-refractivity contribution is -0.136. The minimum atomic E-state index is 0.0238. The Bertz CT molecular complexity index is 761. The predicted octanol–water partition coefficient (Wildman–Crippen LogP) is 2.26. The molecule has 1 aromatic carbocycles. The van der Waals surface area contributed by atoms with Crippen LogP contribution in [0, 0.1) is 5.92 Å². The average molecular weight is 430 g/mol. The SMILES string of the molecule is COc1cccc(C(=O)N2CCCC(N(CCCN3CCOCC3)C(=O)C3CC3)C2)c1. The second-order valence-electron chi connectivity index (χ2n) is 8.89. The molecule has 0 radical (unpaired) electrons. The second-order valence-corrected chi connectivity index (χ2v) is 8.89. The number of carbonyl (C=O) groups excluding carboxylic acids is 2. The molecule has 4 rings (SSSR count). The molecule has 0 aromatic heterocycles. The number of benzene rings is 1. The summed E-state index contributed by atoms with van der Waals surface area (Å²) in [6.07, 6.45) is 4.89. The van der Waals surface area contributed by atoms with E-state index in [-0.39, 0.29) is 17.9 Å². The van der Waals surface area contributed by atoms with Crippen LogP contribution in [-0.4, -0.2) is 92.1 Å². The van der Waals surface area contributed by atoms with Crippen molar-refractivity contribution < 1.29 is 19.1 Å². The van der Waals surface area contributed by atoms with Crippen LogP contribution in [0.3, 0.4) is 0 Å². The van der Waals surface area contributed by atoms with Gasteiger partial charge in [-0.2, -0.15) is 0 Å². The average Bonchev–Trinajstić information content (AvgIpc) is 3.67. The number of rotatable bonds is 8. The number of morpholine rings is 1. The van der Waals surface area contributed by atoms with Crippen molar-refractivity contribution >= 4 is 11.8 Å². The second kappa shape index (κ2) is 10.5. The van der Waals surface area contributed by atoms with Gasteiger partial charge in [-0.25, -0.2) is 0 Å². The number of methoxy groups -OCH3 is 1. The Morgan fingerprint density at radius 3 is 2.71 bits per heavy atom. The fraction of sp³-hybridized carbons (Fsp3) is 0.667. The quantitative estimate of drug-likeness (QED) is 0.634. The smallest absolute Gasteiger partial charge is 0.254 e. The van der Waals surface area contributed by atoms with Crippen LogP contribution >= 0.6 is 0 Å². The molecule has 2 aliphatic heterocycles. The van der Waals surface area contributed by atoms with Crippen molar-refractivity contribution in [3.05, 3.63) is 29.8 Å². The first-order chi connectivity index (χ1) is 15.2. The van der Waals surface area contributed by atoms with Crippen molar-refractivity contribution in [3.8, 4) is 5.75 Å². The molecule has 2 saturated heterocycles. The third-order valence-corrected chi connectivity index (χ3v) is 6.63. The fourth-order valence-corrected chi connectivity index (χ4v) is 4.66. The van der Waals surface area contributed by atoms with Crippen LogP contribution in [0.4, 0.5) is 0 Å². The van der Waals surface area contributed by atoms with Crippen LogP contribution in [0.5, 0.6) is 5.75 Å². The van der Waals surface area contributed by atoms with Gasteiger partial charge in [-0.1, -0.05) is 6.07 Å². The van der Waals surface area contributed by atoms with E-state index in [1.54, 1.807) is 13.2 Å². The Labute approximate surface area is 185 Å². The van der Waals surface area contributed by atoms with Crippen LogP contribution in [0.2, 0.25) is 0 Å². The summed E-state index contributed by atoms with van der Waals surface area (Å²) in [5.41, 5.74) is 0.646. The molecular formula is C24H35N3O4. The third kappa shape index (κ3) is 5.77. The zero-order valence-electron chi connectivity index (χ0n) is 18.6. The van der Waals surface area contributed by atoms with Gasteiger partial charge in [-0.3, -0.25) is 14.5 Å². The molecule has 3 aliphatic rings. The first-order valence-electron chi connectivity index (χ1n) is 11.7. The Kier molecular flexibility index (Phi) is 7.45. The maximum Gasteiger partial charge on any atom is 0.254 e. The van der Waals surface area contributed by atoms with Gasteiger partial charge in [-0.15, -0.1) is 0 Å². The van der Waals surface area contributed by atoms with Crippen LogP contribution in [0.15, 0.2) is 24.3 Å². The summed E-state index contributed by atoms with van der Waals surface area (Å²) in [4.78, 5) is 32.6. The van der Waals surface area contributed by atoms with Crippen molar-refractivity contribution in [2.24, 2.45) is 5.92 Å². The number of nitrogens with zero attached hydrogens (tertiary/aromatic N) is 3. The van der Waals surface area contributed by atoms with Crippen LogP contribution in [-0.2, 0) is 9.53 Å². The number of ether oxygens (including phenoxy) is 2. The highest BCUT2D eigenvalue weighted by atomic mass is 16.5. The molecule has 2 amide bonds. The highest BCUT2D eigenvalue weighted by Gasteiger charge is 2.38. The van der Waals surface area contributed by atoms with Crippen molar-refractivity contribution in [1.29, 1.82) is 0 Å². The fourth-order valence-electron chi connectivity index (χ4n) is 4.66. The van der Waals surface area contributed by atoms with Gasteiger partial charge >= 0.3 is 0 Å². The van der Waals surface area contributed by atoms with E-state index < -0.39 is 0 Å². The lowest BCUT2D eigenvalue weighted by Crippen LogP contribution is -2.52. The Morgan fingerprint density at radius 2 is 1.97 bits per heavy atom. The van der Waals surface area contributed by atoms with E-state index >= 15 is 0 Å². The zero-order chi connectivity index (χ0) is 21.6. The van der Waals surface area contributed by atoms with Gasteiger partial charge in [0.25, 0.3) is 5.91 Å². The van der Waals surface area contributed by atoms with Crippen molar-refractivity contribution in [3.63, 3.8) is 0 Å². The van der Waals surface area contributed by atoms with Crippen molar-refractivity contribution in [1.82, 2.24) is 14.7 Å². The van der Waals surface area contributed by atoms with E-state index in [4.69, 9.17) is 9.47 Å². The Morgan fingerprint density at radius 1 is 1.16 bits per heavy atom. The van der Waals surface area contributed by atoms with Gasteiger partial charge in [0, 0.05) is 56.8 Å². The van der Waals surface area contributed by atoms with E-state index in [9.17, 15) is 9.59 Å². The zero-order valence-corrected chi connectivity index (χ0v) is 18.6. The standard InChI is InChI=1S/C24H35N3O4/c1-30-22-7-2-5-20(17-22)23(28)26-11-3-6-21(18-26)27(24(29)19-8-9-19)12-4-10-25-13-15-31-16-14-25/h2,5,7,17,19,21H,3-4,6,8-16,18H2,1H3. The van der Waals surface area contributed by atoms with E-state index in [1.807, 2.05) is 23.1 Å². The van der Waals surface area contributed by atoms with E-state index in [0.29, 0.717) is 23.8 Å². The summed E-state index contributed by atoms with van der Waals surface area (Å²) in [7, 11) is 1.61. The van der Waals surface area contributed by atoms with Crippen LogP contribution in [0.25, 0.3) is 0 Å². The molecule has 31 heavy (non-hydrogen) atoms. The molecule has 1 aromatic rings. The summed E-state index contributed by atoms with van der Waals surface area (Å²) < 4.78 is 10.7. The summed E-state index contributed by atoms with van der Waals surface area (Å²) in [6, 6.07) is 7.44. The van der Waals surface area contributed by atoms with E-state index in [1.165, 1.54) is 0 Å². The Hall–Kier alpha value is -2.12. The minimum absolute atomic E-state index is 0.0238. The van der Waals surface area contributed by atoms with Crippen molar-refractivity contribution in [2.45, 2.75) is 38.1 Å². The summed E-state index contributed by atoms with van der Waals surface area (Å²) in [6.45, 7) is 6.68. The number of carbonyl (C=O) groups is 2. The number of piperidine rings is 1. The predicted molar refractivity (Wildman–Crippen MR) is 118 cm³/mol. The summed E-state index contributed by atoms with van der Waals surface area (Å²) in [5.74, 6) is 1.21. The number of amides is 2. The minimum Gasteiger partial charge on any atom is -0.497 e. The van der Waals surface area contributed by atoms with Crippen LogP contribution in [0.1, 0.15) is 42.5 Å². The van der Waals surface area contributed by atoms with Gasteiger partial charge in [-0.05, 0) is 50.3 Å². The number of hydrogen-bond donors (Lipinski definition) is 0. The highest BCUT2D eigenvalue weighted by Crippen LogP contribution is 2.33. The molecule has 1 aliphatic carbocycles. The van der Waals surface area contributed by atoms with Gasteiger partial charge in [0.2, 0.25) is 5.91 Å². The van der Waals surface area contributed by atoms with Crippen molar-refractivity contribution in [2.75, 3.05) is 59.6 Å². The maximum absolute atomic E-state index is 13.1. The normalized spacial score (nSPS) is 22.2. The topological polar surface area (TPSA) is 62.3 Å². The summed E-state index contributed by atoms with van der Waals surface area (Å²) >= 11 is 0. The molecule has 3 fully saturated rings. The van der Waals surface area contributed by atoms with E-state index in [2.05, 4.69) is 9.80 Å². The lowest BCUT2D eigenvalue weighted by atomic mass is 10.0. The molecule has 170 valence electrons. The first-order valence-corrected chi connectivity index (χ1v) is 11.7. The van der Waals surface area contributed by atoms with Gasteiger partial charge in [0.1, 0.15) is 5.75 Å².